The number of rotatable bonds is 5. The number of hydrogen-bond acceptors (Lipinski definition) is 3. The van der Waals surface area contributed by atoms with Gasteiger partial charge in [-0.1, -0.05) is 30.3 Å². The van der Waals surface area contributed by atoms with Gasteiger partial charge in [-0.25, -0.2) is 0 Å². The third-order valence-electron chi connectivity index (χ3n) is 4.45. The summed E-state index contributed by atoms with van der Waals surface area (Å²) in [6.07, 6.45) is 3.45. The average molecular weight is 269 g/mol. The van der Waals surface area contributed by atoms with Crippen LogP contribution in [0.5, 0.6) is 0 Å². The number of hydrogen-bond donors (Lipinski definition) is 0. The van der Waals surface area contributed by atoms with Gasteiger partial charge in [-0.2, -0.15) is 5.26 Å². The van der Waals surface area contributed by atoms with Gasteiger partial charge in [0.2, 0.25) is 0 Å². The maximum absolute atomic E-state index is 9.07. The quantitative estimate of drug-likeness (QED) is 0.822. The fourth-order valence-corrected chi connectivity index (χ4v) is 3.11. The predicted molar refractivity (Wildman–Crippen MR) is 80.0 cm³/mol. The normalized spacial score (nSPS) is 24.4. The number of nitrogens with zero attached hydrogens (tertiary/aromatic N) is 3. The molecule has 1 aromatic rings. The maximum atomic E-state index is 9.07. The van der Waals surface area contributed by atoms with Gasteiger partial charge < -0.3 is 0 Å². The molecule has 0 unspecified atom stereocenters. The van der Waals surface area contributed by atoms with Gasteiger partial charge in [-0.3, -0.25) is 9.80 Å². The molecule has 0 N–H and O–H groups in total. The summed E-state index contributed by atoms with van der Waals surface area (Å²) in [5, 5.41) is 9.07. The molecule has 0 bridgehead atoms. The lowest BCUT2D eigenvalue weighted by molar-refractivity contribution is 0.0684. The highest BCUT2D eigenvalue weighted by Crippen LogP contribution is 2.31. The van der Waals surface area contributed by atoms with E-state index in [1.165, 1.54) is 24.9 Å². The summed E-state index contributed by atoms with van der Waals surface area (Å²) in [6.45, 7) is 5.51. The van der Waals surface area contributed by atoms with E-state index in [0.29, 0.717) is 12.5 Å². The number of nitriles is 1. The Hall–Kier alpha value is -1.37. The molecule has 3 heteroatoms. The van der Waals surface area contributed by atoms with Crippen molar-refractivity contribution >= 4 is 0 Å². The Bertz CT molecular complexity index is 461. The van der Waals surface area contributed by atoms with Crippen LogP contribution in [-0.4, -0.2) is 42.0 Å². The van der Waals surface area contributed by atoms with Crippen LogP contribution >= 0.6 is 0 Å². The SMILES string of the molecule is N#CC[C@H]1CN(Cc2ccccc2)CCN1CC1CC1. The topological polar surface area (TPSA) is 30.3 Å². The van der Waals surface area contributed by atoms with Gasteiger partial charge in [0.25, 0.3) is 0 Å². The van der Waals surface area contributed by atoms with Crippen molar-refractivity contribution in [3.8, 4) is 6.07 Å². The average Bonchev–Trinajstić information content (AvgIpc) is 3.27. The summed E-state index contributed by atoms with van der Waals surface area (Å²) >= 11 is 0. The largest absolute Gasteiger partial charge is 0.297 e. The van der Waals surface area contributed by atoms with Crippen molar-refractivity contribution in [3.63, 3.8) is 0 Å². The first kappa shape index (κ1) is 13.6. The molecule has 1 saturated carbocycles. The van der Waals surface area contributed by atoms with E-state index in [1.807, 2.05) is 0 Å². The Balaban J connectivity index is 1.57. The zero-order valence-corrected chi connectivity index (χ0v) is 12.0. The second kappa shape index (κ2) is 6.39. The second-order valence-corrected chi connectivity index (χ2v) is 6.18. The van der Waals surface area contributed by atoms with E-state index in [0.717, 1.165) is 32.1 Å². The van der Waals surface area contributed by atoms with Crippen molar-refractivity contribution in [2.45, 2.75) is 31.8 Å². The number of piperazine rings is 1. The third-order valence-corrected chi connectivity index (χ3v) is 4.45. The second-order valence-electron chi connectivity index (χ2n) is 6.18. The van der Waals surface area contributed by atoms with Crippen molar-refractivity contribution < 1.29 is 0 Å². The van der Waals surface area contributed by atoms with Crippen LogP contribution in [0.2, 0.25) is 0 Å². The molecule has 0 radical (unpaired) electrons. The van der Waals surface area contributed by atoms with Gasteiger partial charge in [0.1, 0.15) is 0 Å². The van der Waals surface area contributed by atoms with Crippen molar-refractivity contribution in [1.29, 1.82) is 5.26 Å². The minimum atomic E-state index is 0.429. The molecular weight excluding hydrogens is 246 g/mol. The van der Waals surface area contributed by atoms with E-state index in [-0.39, 0.29) is 0 Å². The molecule has 0 amide bonds. The Kier molecular flexibility index (Phi) is 4.34. The smallest absolute Gasteiger partial charge is 0.0638 e. The molecule has 1 atom stereocenters. The van der Waals surface area contributed by atoms with E-state index < -0.39 is 0 Å². The Morgan fingerprint density at radius 3 is 2.65 bits per heavy atom. The molecule has 0 spiro atoms. The maximum Gasteiger partial charge on any atom is 0.0638 e. The van der Waals surface area contributed by atoms with Crippen LogP contribution in [-0.2, 0) is 6.54 Å². The predicted octanol–water partition coefficient (Wildman–Crippen LogP) is 2.50. The van der Waals surface area contributed by atoms with E-state index in [9.17, 15) is 0 Å². The zero-order chi connectivity index (χ0) is 13.8. The molecule has 3 rings (SSSR count). The Morgan fingerprint density at radius 2 is 1.95 bits per heavy atom. The van der Waals surface area contributed by atoms with E-state index in [2.05, 4.69) is 46.2 Å². The van der Waals surface area contributed by atoms with E-state index >= 15 is 0 Å². The molecule has 1 aliphatic heterocycles. The standard InChI is InChI=1S/C17H23N3/c18-9-8-17-14-19(12-15-4-2-1-3-5-15)10-11-20(17)13-16-6-7-16/h1-5,16-17H,6-8,10-14H2/t17-/m0/s1. The molecule has 2 fully saturated rings. The fraction of sp³-hybridized carbons (Fsp3) is 0.588. The summed E-state index contributed by atoms with van der Waals surface area (Å²) < 4.78 is 0. The fourth-order valence-electron chi connectivity index (χ4n) is 3.11. The molecule has 3 nitrogen and oxygen atoms in total. The van der Waals surface area contributed by atoms with Crippen LogP contribution in [0.15, 0.2) is 30.3 Å². The lowest BCUT2D eigenvalue weighted by Gasteiger charge is -2.40. The monoisotopic (exact) mass is 269 g/mol. The molecule has 1 heterocycles. The summed E-state index contributed by atoms with van der Waals surface area (Å²) in [5.41, 5.74) is 1.37. The van der Waals surface area contributed by atoms with Gasteiger partial charge in [-0.05, 0) is 24.3 Å². The van der Waals surface area contributed by atoms with Crippen LogP contribution in [0.1, 0.15) is 24.8 Å². The minimum absolute atomic E-state index is 0.429. The molecule has 0 aromatic heterocycles. The summed E-state index contributed by atoms with van der Waals surface area (Å²) in [7, 11) is 0. The van der Waals surface area contributed by atoms with Crippen LogP contribution in [0, 0.1) is 17.2 Å². The van der Waals surface area contributed by atoms with Gasteiger partial charge in [-0.15, -0.1) is 0 Å². The molecule has 1 saturated heterocycles. The highest BCUT2D eigenvalue weighted by molar-refractivity contribution is 5.14. The lowest BCUT2D eigenvalue weighted by Crippen LogP contribution is -2.53. The van der Waals surface area contributed by atoms with Crippen LogP contribution < -0.4 is 0 Å². The third kappa shape index (κ3) is 3.59. The van der Waals surface area contributed by atoms with Crippen LogP contribution in [0.4, 0.5) is 0 Å². The van der Waals surface area contributed by atoms with Gasteiger partial charge in [0.05, 0.1) is 12.5 Å². The highest BCUT2D eigenvalue weighted by Gasteiger charge is 2.31. The molecular formula is C17H23N3. The van der Waals surface area contributed by atoms with E-state index in [4.69, 9.17) is 5.26 Å². The van der Waals surface area contributed by atoms with E-state index in [1.54, 1.807) is 0 Å². The minimum Gasteiger partial charge on any atom is -0.297 e. The summed E-state index contributed by atoms with van der Waals surface area (Å²) in [6, 6.07) is 13.5. The van der Waals surface area contributed by atoms with Gasteiger partial charge in [0.15, 0.2) is 0 Å². The first-order valence-corrected chi connectivity index (χ1v) is 7.72. The highest BCUT2D eigenvalue weighted by atomic mass is 15.3. The number of benzene rings is 1. The van der Waals surface area contributed by atoms with Crippen molar-refractivity contribution in [3.05, 3.63) is 35.9 Å². The van der Waals surface area contributed by atoms with Crippen molar-refractivity contribution in [2.75, 3.05) is 26.2 Å². The summed E-state index contributed by atoms with van der Waals surface area (Å²) in [4.78, 5) is 5.06. The molecule has 1 aromatic carbocycles. The Morgan fingerprint density at radius 1 is 1.15 bits per heavy atom. The van der Waals surface area contributed by atoms with Gasteiger partial charge >= 0.3 is 0 Å². The molecule has 106 valence electrons. The lowest BCUT2D eigenvalue weighted by atomic mass is 10.1. The summed E-state index contributed by atoms with van der Waals surface area (Å²) in [5.74, 6) is 0.914. The van der Waals surface area contributed by atoms with Crippen molar-refractivity contribution in [2.24, 2.45) is 5.92 Å². The molecule has 20 heavy (non-hydrogen) atoms. The van der Waals surface area contributed by atoms with Crippen LogP contribution in [0.3, 0.4) is 0 Å². The molecule has 2 aliphatic rings. The zero-order valence-electron chi connectivity index (χ0n) is 12.0. The van der Waals surface area contributed by atoms with Crippen molar-refractivity contribution in [1.82, 2.24) is 9.80 Å². The first-order valence-electron chi connectivity index (χ1n) is 7.72. The van der Waals surface area contributed by atoms with Crippen LogP contribution in [0.25, 0.3) is 0 Å². The Labute approximate surface area is 121 Å². The van der Waals surface area contributed by atoms with Gasteiger partial charge in [0, 0.05) is 38.8 Å². The first-order chi connectivity index (χ1) is 9.85. The molecule has 1 aliphatic carbocycles.